The molecule has 0 saturated carbocycles. The molecule has 0 atom stereocenters. The largest absolute Gasteiger partial charge is 0.399 e. The second-order valence-electron chi connectivity index (χ2n) is 3.34. The van der Waals surface area contributed by atoms with Gasteiger partial charge in [-0.3, -0.25) is 0 Å². The maximum atomic E-state index is 4.83. The third-order valence-corrected chi connectivity index (χ3v) is 2.07. The van der Waals surface area contributed by atoms with Crippen LogP contribution in [-0.4, -0.2) is 12.8 Å². The van der Waals surface area contributed by atoms with Gasteiger partial charge in [-0.05, 0) is 18.9 Å². The molecule has 76 valence electrons. The highest BCUT2D eigenvalue weighted by molar-refractivity contribution is 6.00. The third-order valence-electron chi connectivity index (χ3n) is 2.07. The summed E-state index contributed by atoms with van der Waals surface area (Å²) in [4.78, 5) is 4.83. The molecule has 0 amide bonds. The molecule has 0 spiro atoms. The Morgan fingerprint density at radius 3 is 2.43 bits per heavy atom. The molecule has 0 aliphatic heterocycles. The number of aryl methyl sites for hydroxylation is 1. The Morgan fingerprint density at radius 1 is 1.29 bits per heavy atom. The van der Waals surface area contributed by atoms with E-state index >= 15 is 0 Å². The molecule has 0 aliphatic carbocycles. The molecule has 14 heavy (non-hydrogen) atoms. The topological polar surface area (TPSA) is 21.6 Å². The maximum absolute atomic E-state index is 4.83. The molecular formula is C12H17NO. The standard InChI is InChI=1S/C12H17NO/c1-4-5-12(13-14-3)11-8-6-10(2)7-9-11/h6-9H,4-5H2,1-3H3/b13-12-. The molecule has 0 unspecified atom stereocenters. The lowest BCUT2D eigenvalue weighted by Crippen LogP contribution is -2.00. The van der Waals surface area contributed by atoms with Crippen molar-refractivity contribution in [2.75, 3.05) is 7.11 Å². The second kappa shape index (κ2) is 5.43. The summed E-state index contributed by atoms with van der Waals surface area (Å²) >= 11 is 0. The molecule has 1 rings (SSSR count). The Labute approximate surface area is 85.6 Å². The van der Waals surface area contributed by atoms with Crippen LogP contribution >= 0.6 is 0 Å². The molecule has 1 aromatic carbocycles. The fourth-order valence-corrected chi connectivity index (χ4v) is 1.34. The van der Waals surface area contributed by atoms with Gasteiger partial charge in [-0.2, -0.15) is 0 Å². The van der Waals surface area contributed by atoms with Gasteiger partial charge in [-0.25, -0.2) is 0 Å². The number of oxime groups is 1. The highest BCUT2D eigenvalue weighted by atomic mass is 16.6. The van der Waals surface area contributed by atoms with Crippen molar-refractivity contribution in [1.29, 1.82) is 0 Å². The van der Waals surface area contributed by atoms with E-state index in [-0.39, 0.29) is 0 Å². The van der Waals surface area contributed by atoms with Crippen molar-refractivity contribution in [3.8, 4) is 0 Å². The van der Waals surface area contributed by atoms with Crippen molar-refractivity contribution in [3.05, 3.63) is 35.4 Å². The summed E-state index contributed by atoms with van der Waals surface area (Å²) in [5, 5.41) is 4.03. The first kappa shape index (κ1) is 10.8. The number of rotatable bonds is 4. The van der Waals surface area contributed by atoms with Crippen molar-refractivity contribution in [2.45, 2.75) is 26.7 Å². The van der Waals surface area contributed by atoms with E-state index in [1.54, 1.807) is 7.11 Å². The van der Waals surface area contributed by atoms with Gasteiger partial charge in [-0.15, -0.1) is 0 Å². The van der Waals surface area contributed by atoms with E-state index in [1.165, 1.54) is 5.56 Å². The normalized spacial score (nSPS) is 11.5. The first-order valence-corrected chi connectivity index (χ1v) is 4.95. The van der Waals surface area contributed by atoms with E-state index in [9.17, 15) is 0 Å². The highest BCUT2D eigenvalue weighted by Crippen LogP contribution is 2.08. The predicted octanol–water partition coefficient (Wildman–Crippen LogP) is 3.15. The maximum Gasteiger partial charge on any atom is 0.106 e. The number of benzene rings is 1. The summed E-state index contributed by atoms with van der Waals surface area (Å²) in [6.45, 7) is 4.22. The first-order valence-electron chi connectivity index (χ1n) is 4.95. The van der Waals surface area contributed by atoms with Crippen LogP contribution in [-0.2, 0) is 4.84 Å². The molecular weight excluding hydrogens is 174 g/mol. The molecule has 0 bridgehead atoms. The Morgan fingerprint density at radius 2 is 1.93 bits per heavy atom. The monoisotopic (exact) mass is 191 g/mol. The molecule has 0 aliphatic rings. The van der Waals surface area contributed by atoms with Crippen LogP contribution in [0.4, 0.5) is 0 Å². The van der Waals surface area contributed by atoms with Gasteiger partial charge >= 0.3 is 0 Å². The lowest BCUT2D eigenvalue weighted by Gasteiger charge is -2.04. The molecule has 0 N–H and O–H groups in total. The van der Waals surface area contributed by atoms with Crippen molar-refractivity contribution in [2.24, 2.45) is 5.16 Å². The number of hydrogen-bond acceptors (Lipinski definition) is 2. The summed E-state index contributed by atoms with van der Waals surface area (Å²) in [5.74, 6) is 0. The fraction of sp³-hybridized carbons (Fsp3) is 0.417. The van der Waals surface area contributed by atoms with Gasteiger partial charge in [0, 0.05) is 0 Å². The summed E-state index contributed by atoms with van der Waals surface area (Å²) in [5.41, 5.74) is 3.44. The van der Waals surface area contributed by atoms with Gasteiger partial charge in [0.1, 0.15) is 7.11 Å². The van der Waals surface area contributed by atoms with Gasteiger partial charge < -0.3 is 4.84 Å². The van der Waals surface area contributed by atoms with Gasteiger partial charge in [-0.1, -0.05) is 48.3 Å². The minimum atomic E-state index is 0.955. The van der Waals surface area contributed by atoms with Crippen molar-refractivity contribution in [1.82, 2.24) is 0 Å². The van der Waals surface area contributed by atoms with Crippen molar-refractivity contribution >= 4 is 5.71 Å². The predicted molar refractivity (Wildman–Crippen MR) is 59.6 cm³/mol. The molecule has 0 saturated heterocycles. The Hall–Kier alpha value is -1.31. The average Bonchev–Trinajstić information content (AvgIpc) is 2.19. The minimum Gasteiger partial charge on any atom is -0.399 e. The number of nitrogens with zero attached hydrogens (tertiary/aromatic N) is 1. The zero-order valence-corrected chi connectivity index (χ0v) is 9.08. The van der Waals surface area contributed by atoms with E-state index in [0.717, 1.165) is 24.1 Å². The fourth-order valence-electron chi connectivity index (χ4n) is 1.34. The van der Waals surface area contributed by atoms with E-state index in [2.05, 4.69) is 43.3 Å². The van der Waals surface area contributed by atoms with E-state index in [1.807, 2.05) is 0 Å². The molecule has 2 nitrogen and oxygen atoms in total. The molecule has 0 fully saturated rings. The third kappa shape index (κ3) is 2.87. The van der Waals surface area contributed by atoms with Gasteiger partial charge in [0.05, 0.1) is 5.71 Å². The van der Waals surface area contributed by atoms with Crippen LogP contribution in [0.25, 0.3) is 0 Å². The molecule has 0 radical (unpaired) electrons. The van der Waals surface area contributed by atoms with Gasteiger partial charge in [0.15, 0.2) is 0 Å². The van der Waals surface area contributed by atoms with E-state index in [0.29, 0.717) is 0 Å². The quantitative estimate of drug-likeness (QED) is 0.529. The van der Waals surface area contributed by atoms with Crippen LogP contribution in [0.1, 0.15) is 30.9 Å². The van der Waals surface area contributed by atoms with Gasteiger partial charge in [0.25, 0.3) is 0 Å². The van der Waals surface area contributed by atoms with Crippen LogP contribution in [0.5, 0.6) is 0 Å². The smallest absolute Gasteiger partial charge is 0.106 e. The van der Waals surface area contributed by atoms with Crippen molar-refractivity contribution in [3.63, 3.8) is 0 Å². The summed E-state index contributed by atoms with van der Waals surface area (Å²) in [6, 6.07) is 8.36. The Kier molecular flexibility index (Phi) is 4.17. The van der Waals surface area contributed by atoms with Crippen LogP contribution < -0.4 is 0 Å². The lowest BCUT2D eigenvalue weighted by molar-refractivity contribution is 0.213. The number of hydrogen-bond donors (Lipinski definition) is 0. The minimum absolute atomic E-state index is 0.955. The molecule has 1 aromatic rings. The van der Waals surface area contributed by atoms with E-state index in [4.69, 9.17) is 4.84 Å². The average molecular weight is 191 g/mol. The molecule has 0 aromatic heterocycles. The lowest BCUT2D eigenvalue weighted by atomic mass is 10.0. The summed E-state index contributed by atoms with van der Waals surface area (Å²) in [7, 11) is 1.59. The summed E-state index contributed by atoms with van der Waals surface area (Å²) < 4.78 is 0. The zero-order chi connectivity index (χ0) is 10.4. The van der Waals surface area contributed by atoms with E-state index < -0.39 is 0 Å². The van der Waals surface area contributed by atoms with Gasteiger partial charge in [0.2, 0.25) is 0 Å². The second-order valence-corrected chi connectivity index (χ2v) is 3.34. The first-order chi connectivity index (χ1) is 6.77. The zero-order valence-electron chi connectivity index (χ0n) is 9.08. The molecule has 2 heteroatoms. The Bertz CT molecular complexity index is 301. The van der Waals surface area contributed by atoms with Crippen LogP contribution in [0.2, 0.25) is 0 Å². The summed E-state index contributed by atoms with van der Waals surface area (Å²) in [6.07, 6.45) is 2.03. The van der Waals surface area contributed by atoms with Crippen molar-refractivity contribution < 1.29 is 4.84 Å². The highest BCUT2D eigenvalue weighted by Gasteiger charge is 2.02. The molecule has 0 heterocycles. The van der Waals surface area contributed by atoms with Crippen LogP contribution in [0.15, 0.2) is 29.4 Å². The Balaban J connectivity index is 2.88. The van der Waals surface area contributed by atoms with Crippen LogP contribution in [0, 0.1) is 6.92 Å². The van der Waals surface area contributed by atoms with Crippen LogP contribution in [0.3, 0.4) is 0 Å². The SMILES string of the molecule is CCC/C(=N/OC)c1ccc(C)cc1.